The van der Waals surface area contributed by atoms with Crippen LogP contribution in [-0.2, 0) is 6.42 Å². The minimum absolute atomic E-state index is 0. The second-order valence-corrected chi connectivity index (χ2v) is 4.42. The summed E-state index contributed by atoms with van der Waals surface area (Å²) in [6.07, 6.45) is 0.342. The fourth-order valence-electron chi connectivity index (χ4n) is 1.82. The second kappa shape index (κ2) is 5.29. The Morgan fingerprint density at radius 2 is 2.24 bits per heavy atom. The SMILES string of the molecule is CNC(=O)Oc1cccc2c1OC(C)(C)C2.[H-].[Na+]. The number of amides is 1. The van der Waals surface area contributed by atoms with Gasteiger partial charge in [0.2, 0.25) is 0 Å². The largest absolute Gasteiger partial charge is 1.00 e. The third kappa shape index (κ3) is 3.15. The maximum Gasteiger partial charge on any atom is 1.00 e. The van der Waals surface area contributed by atoms with Crippen LogP contribution >= 0.6 is 0 Å². The van der Waals surface area contributed by atoms with Crippen molar-refractivity contribution in [3.05, 3.63) is 23.8 Å². The average Bonchev–Trinajstić information content (AvgIpc) is 2.53. The Kier molecular flexibility index (Phi) is 4.47. The monoisotopic (exact) mass is 245 g/mol. The van der Waals surface area contributed by atoms with E-state index < -0.39 is 6.09 Å². The van der Waals surface area contributed by atoms with Gasteiger partial charge in [-0.05, 0) is 19.9 Å². The van der Waals surface area contributed by atoms with Gasteiger partial charge in [-0.25, -0.2) is 4.79 Å². The van der Waals surface area contributed by atoms with Gasteiger partial charge >= 0.3 is 35.7 Å². The number of carbonyl (C=O) groups is 1. The first kappa shape index (κ1) is 14.4. The van der Waals surface area contributed by atoms with E-state index >= 15 is 0 Å². The Hall–Kier alpha value is -0.710. The number of hydrogen-bond donors (Lipinski definition) is 1. The van der Waals surface area contributed by atoms with E-state index in [-0.39, 0.29) is 36.6 Å². The summed E-state index contributed by atoms with van der Waals surface area (Å²) in [6, 6.07) is 5.58. The van der Waals surface area contributed by atoms with Crippen LogP contribution in [0.1, 0.15) is 20.8 Å². The standard InChI is InChI=1S/C12H15NO3.Na.H/c1-12(2)7-8-5-4-6-9(10(8)16-12)15-11(14)13-3;;/h4-6H,7H2,1-3H3,(H,13,14);;/q;+1;-1. The molecule has 0 saturated heterocycles. The number of hydrogen-bond acceptors (Lipinski definition) is 3. The van der Waals surface area contributed by atoms with Crippen molar-refractivity contribution in [1.29, 1.82) is 0 Å². The van der Waals surface area contributed by atoms with Crippen molar-refractivity contribution in [1.82, 2.24) is 5.32 Å². The molecule has 0 unspecified atom stereocenters. The first-order valence-corrected chi connectivity index (χ1v) is 5.22. The Morgan fingerprint density at radius 3 is 2.88 bits per heavy atom. The van der Waals surface area contributed by atoms with Gasteiger partial charge in [-0.2, -0.15) is 0 Å². The van der Waals surface area contributed by atoms with E-state index in [1.807, 2.05) is 26.0 Å². The van der Waals surface area contributed by atoms with Crippen LogP contribution in [-0.4, -0.2) is 18.7 Å². The molecule has 0 radical (unpaired) electrons. The number of benzene rings is 1. The number of para-hydroxylation sites is 1. The zero-order valence-electron chi connectivity index (χ0n) is 11.7. The summed E-state index contributed by atoms with van der Waals surface area (Å²) in [6.45, 7) is 4.02. The normalized spacial score (nSPS) is 15.2. The predicted octanol–water partition coefficient (Wildman–Crippen LogP) is -0.765. The van der Waals surface area contributed by atoms with Gasteiger partial charge in [0.25, 0.3) is 0 Å². The molecule has 1 N–H and O–H groups in total. The van der Waals surface area contributed by atoms with Crippen molar-refractivity contribution >= 4 is 6.09 Å². The zero-order chi connectivity index (χ0) is 11.8. The molecule has 88 valence electrons. The van der Waals surface area contributed by atoms with E-state index in [1.165, 1.54) is 7.05 Å². The molecule has 2 rings (SSSR count). The quantitative estimate of drug-likeness (QED) is 0.661. The maximum absolute atomic E-state index is 11.2. The molecule has 1 heterocycles. The summed E-state index contributed by atoms with van der Waals surface area (Å²) < 4.78 is 10.9. The summed E-state index contributed by atoms with van der Waals surface area (Å²) in [5.74, 6) is 1.15. The smallest absolute Gasteiger partial charge is 1.00 e. The van der Waals surface area contributed by atoms with Gasteiger partial charge in [0.1, 0.15) is 5.60 Å². The van der Waals surface area contributed by atoms with Crippen LogP contribution < -0.4 is 44.3 Å². The van der Waals surface area contributed by atoms with Crippen molar-refractivity contribution in [2.75, 3.05) is 7.05 Å². The first-order chi connectivity index (χ1) is 7.52. The molecule has 0 aromatic heterocycles. The van der Waals surface area contributed by atoms with Crippen LogP contribution in [0, 0.1) is 0 Å². The Morgan fingerprint density at radius 1 is 1.53 bits per heavy atom. The number of carbonyl (C=O) groups excluding carboxylic acids is 1. The molecular formula is C12H16NNaO3. The van der Waals surface area contributed by atoms with Gasteiger partial charge in [-0.15, -0.1) is 0 Å². The van der Waals surface area contributed by atoms with Gasteiger partial charge in [0.15, 0.2) is 11.5 Å². The van der Waals surface area contributed by atoms with Crippen LogP contribution in [0.3, 0.4) is 0 Å². The first-order valence-electron chi connectivity index (χ1n) is 5.22. The minimum Gasteiger partial charge on any atom is -1.00 e. The maximum atomic E-state index is 11.2. The summed E-state index contributed by atoms with van der Waals surface area (Å²) in [5.41, 5.74) is 0.844. The number of nitrogens with one attached hydrogen (secondary N) is 1. The molecule has 1 amide bonds. The zero-order valence-corrected chi connectivity index (χ0v) is 12.7. The van der Waals surface area contributed by atoms with Crippen molar-refractivity contribution in [3.63, 3.8) is 0 Å². The third-order valence-electron chi connectivity index (χ3n) is 2.46. The number of rotatable bonds is 1. The van der Waals surface area contributed by atoms with Crippen LogP contribution in [0.4, 0.5) is 4.79 Å². The summed E-state index contributed by atoms with van der Waals surface area (Å²) in [4.78, 5) is 11.2. The topological polar surface area (TPSA) is 47.6 Å². The van der Waals surface area contributed by atoms with Gasteiger partial charge < -0.3 is 16.2 Å². The Balaban J connectivity index is 0.00000144. The molecule has 0 atom stereocenters. The number of ether oxygens (including phenoxy) is 2. The van der Waals surface area contributed by atoms with Crippen LogP contribution in [0.5, 0.6) is 11.5 Å². The average molecular weight is 245 g/mol. The van der Waals surface area contributed by atoms with Gasteiger partial charge in [-0.3, -0.25) is 0 Å². The third-order valence-corrected chi connectivity index (χ3v) is 2.46. The van der Waals surface area contributed by atoms with E-state index in [4.69, 9.17) is 9.47 Å². The van der Waals surface area contributed by atoms with E-state index in [9.17, 15) is 4.79 Å². The second-order valence-electron chi connectivity index (χ2n) is 4.42. The predicted molar refractivity (Wildman–Crippen MR) is 61.0 cm³/mol. The molecule has 17 heavy (non-hydrogen) atoms. The molecule has 5 heteroatoms. The van der Waals surface area contributed by atoms with Gasteiger partial charge in [0, 0.05) is 19.0 Å². The molecule has 1 aliphatic rings. The van der Waals surface area contributed by atoms with Crippen LogP contribution in [0.25, 0.3) is 0 Å². The molecule has 1 aromatic rings. The van der Waals surface area contributed by atoms with Crippen molar-refractivity contribution in [2.45, 2.75) is 25.9 Å². The van der Waals surface area contributed by atoms with Crippen molar-refractivity contribution in [2.24, 2.45) is 0 Å². The molecule has 4 nitrogen and oxygen atoms in total. The Labute approximate surface area is 124 Å². The molecule has 0 aliphatic carbocycles. The molecule has 0 bridgehead atoms. The minimum atomic E-state index is -0.485. The van der Waals surface area contributed by atoms with Gasteiger partial charge in [-0.1, -0.05) is 12.1 Å². The fraction of sp³-hybridized carbons (Fsp3) is 0.417. The summed E-state index contributed by atoms with van der Waals surface area (Å²) >= 11 is 0. The molecule has 0 saturated carbocycles. The van der Waals surface area contributed by atoms with E-state index in [2.05, 4.69) is 5.32 Å². The van der Waals surface area contributed by atoms with E-state index in [1.54, 1.807) is 6.07 Å². The molecule has 0 spiro atoms. The molecule has 0 fully saturated rings. The molecule has 1 aromatic carbocycles. The van der Waals surface area contributed by atoms with Crippen LogP contribution in [0.15, 0.2) is 18.2 Å². The number of fused-ring (bicyclic) bond motifs is 1. The van der Waals surface area contributed by atoms with Crippen molar-refractivity contribution in [3.8, 4) is 11.5 Å². The van der Waals surface area contributed by atoms with Crippen LogP contribution in [0.2, 0.25) is 0 Å². The fourth-order valence-corrected chi connectivity index (χ4v) is 1.82. The van der Waals surface area contributed by atoms with E-state index in [0.29, 0.717) is 11.5 Å². The Bertz CT molecular complexity index is 437. The summed E-state index contributed by atoms with van der Waals surface area (Å²) in [5, 5.41) is 2.41. The summed E-state index contributed by atoms with van der Waals surface area (Å²) in [7, 11) is 1.52. The van der Waals surface area contributed by atoms with Crippen molar-refractivity contribution < 1.29 is 45.3 Å². The molecular weight excluding hydrogens is 229 g/mol. The molecule has 1 aliphatic heterocycles. The van der Waals surface area contributed by atoms with Gasteiger partial charge in [0.05, 0.1) is 0 Å². The van der Waals surface area contributed by atoms with E-state index in [0.717, 1.165) is 12.0 Å².